The molecule has 2 aliphatic heterocycles. The number of piperidine rings is 1. The highest BCUT2D eigenvalue weighted by Crippen LogP contribution is 2.32. The number of aromatic nitrogens is 2. The minimum absolute atomic E-state index is 0.0626. The Kier molecular flexibility index (Phi) is 6.11. The Morgan fingerprint density at radius 2 is 1.91 bits per heavy atom. The van der Waals surface area contributed by atoms with Gasteiger partial charge in [-0.15, -0.1) is 0 Å². The second kappa shape index (κ2) is 9.18. The van der Waals surface area contributed by atoms with Gasteiger partial charge in [-0.1, -0.05) is 19.1 Å². The van der Waals surface area contributed by atoms with Gasteiger partial charge in [0.1, 0.15) is 0 Å². The van der Waals surface area contributed by atoms with Crippen molar-refractivity contribution in [2.24, 2.45) is 5.92 Å². The van der Waals surface area contributed by atoms with Crippen LogP contribution in [0, 0.1) is 19.8 Å². The summed E-state index contributed by atoms with van der Waals surface area (Å²) < 4.78 is 7.71. The normalized spacial score (nSPS) is 19.4. The maximum atomic E-state index is 12.8. The molecule has 0 spiro atoms. The van der Waals surface area contributed by atoms with Crippen LogP contribution in [0.4, 0.5) is 5.95 Å². The molecular weight excluding hydrogens is 412 g/mol. The van der Waals surface area contributed by atoms with Gasteiger partial charge in [-0.2, -0.15) is 0 Å². The molecule has 1 amide bonds. The quantitative estimate of drug-likeness (QED) is 0.634. The molecule has 2 aromatic carbocycles. The van der Waals surface area contributed by atoms with E-state index in [0.717, 1.165) is 68.0 Å². The number of carbonyl (C=O) groups is 1. The lowest BCUT2D eigenvalue weighted by Gasteiger charge is -2.33. The SMILES string of the molecule is CCc1cccc(-n2c(N3CCC(C(=O)N[C@@H]4CCOC4)CC3)nc3cc(C)c(C)cc32)c1. The number of rotatable bonds is 5. The molecule has 6 nitrogen and oxygen atoms in total. The Morgan fingerprint density at radius 3 is 2.64 bits per heavy atom. The molecule has 1 aromatic heterocycles. The average molecular weight is 447 g/mol. The highest BCUT2D eigenvalue weighted by Gasteiger charge is 2.30. The van der Waals surface area contributed by atoms with E-state index >= 15 is 0 Å². The van der Waals surface area contributed by atoms with E-state index in [1.165, 1.54) is 16.7 Å². The molecule has 0 bridgehead atoms. The first-order valence-electron chi connectivity index (χ1n) is 12.3. The first-order chi connectivity index (χ1) is 16.0. The number of carbonyl (C=O) groups excluding carboxylic acids is 1. The van der Waals surface area contributed by atoms with Crippen LogP contribution >= 0.6 is 0 Å². The lowest BCUT2D eigenvalue weighted by atomic mass is 9.95. The maximum Gasteiger partial charge on any atom is 0.223 e. The highest BCUT2D eigenvalue weighted by atomic mass is 16.5. The zero-order valence-electron chi connectivity index (χ0n) is 19.9. The first-order valence-corrected chi connectivity index (χ1v) is 12.3. The third kappa shape index (κ3) is 4.36. The number of hydrogen-bond acceptors (Lipinski definition) is 4. The Labute approximate surface area is 195 Å². The molecule has 6 heteroatoms. The van der Waals surface area contributed by atoms with E-state index in [0.29, 0.717) is 6.61 Å². The number of nitrogens with zero attached hydrogens (tertiary/aromatic N) is 3. The summed E-state index contributed by atoms with van der Waals surface area (Å²) in [7, 11) is 0. The Balaban J connectivity index is 1.43. The Hall–Kier alpha value is -2.86. The third-order valence-electron chi connectivity index (χ3n) is 7.25. The second-order valence-electron chi connectivity index (χ2n) is 9.53. The van der Waals surface area contributed by atoms with E-state index in [2.05, 4.69) is 72.0 Å². The van der Waals surface area contributed by atoms with E-state index in [1.54, 1.807) is 0 Å². The molecule has 0 aliphatic carbocycles. The van der Waals surface area contributed by atoms with Crippen molar-refractivity contribution in [3.8, 4) is 5.69 Å². The van der Waals surface area contributed by atoms with Gasteiger partial charge in [0.05, 0.1) is 23.7 Å². The van der Waals surface area contributed by atoms with Crippen LogP contribution in [0.25, 0.3) is 16.7 Å². The zero-order chi connectivity index (χ0) is 22.9. The van der Waals surface area contributed by atoms with Gasteiger partial charge in [0.25, 0.3) is 0 Å². The molecule has 0 saturated carbocycles. The summed E-state index contributed by atoms with van der Waals surface area (Å²) in [5, 5.41) is 3.18. The van der Waals surface area contributed by atoms with Gasteiger partial charge >= 0.3 is 0 Å². The van der Waals surface area contributed by atoms with Crippen molar-refractivity contribution < 1.29 is 9.53 Å². The summed E-state index contributed by atoms with van der Waals surface area (Å²) in [6.07, 6.45) is 3.61. The number of amides is 1. The smallest absolute Gasteiger partial charge is 0.223 e. The Morgan fingerprint density at radius 1 is 1.12 bits per heavy atom. The number of anilines is 1. The van der Waals surface area contributed by atoms with Crippen LogP contribution in [-0.4, -0.2) is 47.8 Å². The summed E-state index contributed by atoms with van der Waals surface area (Å²) in [5.41, 5.74) is 7.16. The number of ether oxygens (including phenoxy) is 1. The molecule has 1 atom stereocenters. The van der Waals surface area contributed by atoms with E-state index < -0.39 is 0 Å². The largest absolute Gasteiger partial charge is 0.379 e. The number of imidazole rings is 1. The predicted molar refractivity (Wildman–Crippen MR) is 132 cm³/mol. The van der Waals surface area contributed by atoms with Crippen molar-refractivity contribution in [1.82, 2.24) is 14.9 Å². The minimum atomic E-state index is 0.0626. The molecule has 5 rings (SSSR count). The van der Waals surface area contributed by atoms with Crippen molar-refractivity contribution in [3.63, 3.8) is 0 Å². The fourth-order valence-electron chi connectivity index (χ4n) is 5.01. The van der Waals surface area contributed by atoms with Gasteiger partial charge in [0.15, 0.2) is 0 Å². The van der Waals surface area contributed by atoms with Crippen molar-refractivity contribution in [2.45, 2.75) is 52.5 Å². The maximum absolute atomic E-state index is 12.8. The molecule has 2 aliphatic rings. The lowest BCUT2D eigenvalue weighted by Crippen LogP contribution is -2.44. The minimum Gasteiger partial charge on any atom is -0.379 e. The van der Waals surface area contributed by atoms with Crippen LogP contribution in [0.1, 0.15) is 42.9 Å². The van der Waals surface area contributed by atoms with Crippen molar-refractivity contribution >= 4 is 22.9 Å². The molecular formula is C27H34N4O2. The van der Waals surface area contributed by atoms with Crippen molar-refractivity contribution in [2.75, 3.05) is 31.2 Å². The first kappa shape index (κ1) is 22.0. The summed E-state index contributed by atoms with van der Waals surface area (Å²) in [6, 6.07) is 13.4. The number of fused-ring (bicyclic) bond motifs is 1. The summed E-state index contributed by atoms with van der Waals surface area (Å²) in [4.78, 5) is 20.2. The molecule has 2 fully saturated rings. The molecule has 2 saturated heterocycles. The van der Waals surface area contributed by atoms with Crippen LogP contribution in [0.3, 0.4) is 0 Å². The summed E-state index contributed by atoms with van der Waals surface area (Å²) in [5.74, 6) is 1.22. The standard InChI is InChI=1S/C27H34N4O2/c1-4-20-6-5-7-23(16-20)31-25-15-19(3)18(2)14-24(25)29-27(31)30-11-8-21(9-12-30)26(32)28-22-10-13-33-17-22/h5-7,14-16,21-22H,4,8-13,17H2,1-3H3,(H,28,32)/t22-/m1/s1. The number of hydrogen-bond donors (Lipinski definition) is 1. The van der Waals surface area contributed by atoms with Crippen LogP contribution in [0.2, 0.25) is 0 Å². The third-order valence-corrected chi connectivity index (χ3v) is 7.25. The van der Waals surface area contributed by atoms with Gasteiger partial charge in [-0.05, 0) is 80.5 Å². The van der Waals surface area contributed by atoms with Gasteiger partial charge in [0, 0.05) is 31.3 Å². The van der Waals surface area contributed by atoms with Crippen molar-refractivity contribution in [1.29, 1.82) is 0 Å². The molecule has 0 radical (unpaired) electrons. The number of benzene rings is 2. The fraction of sp³-hybridized carbons (Fsp3) is 0.481. The van der Waals surface area contributed by atoms with Crippen LogP contribution in [-0.2, 0) is 16.0 Å². The highest BCUT2D eigenvalue weighted by molar-refractivity contribution is 5.83. The van der Waals surface area contributed by atoms with E-state index in [-0.39, 0.29) is 17.9 Å². The molecule has 1 N–H and O–H groups in total. The molecule has 3 aromatic rings. The number of nitrogens with one attached hydrogen (secondary N) is 1. The van der Waals surface area contributed by atoms with Gasteiger partial charge < -0.3 is 15.0 Å². The molecule has 3 heterocycles. The predicted octanol–water partition coefficient (Wildman–Crippen LogP) is 4.33. The van der Waals surface area contributed by atoms with E-state index in [9.17, 15) is 4.79 Å². The van der Waals surface area contributed by atoms with E-state index in [4.69, 9.17) is 9.72 Å². The topological polar surface area (TPSA) is 59.4 Å². The van der Waals surface area contributed by atoms with Gasteiger partial charge in [0.2, 0.25) is 11.9 Å². The van der Waals surface area contributed by atoms with Crippen LogP contribution < -0.4 is 10.2 Å². The summed E-state index contributed by atoms with van der Waals surface area (Å²) in [6.45, 7) is 9.54. The van der Waals surface area contributed by atoms with Crippen LogP contribution in [0.5, 0.6) is 0 Å². The van der Waals surface area contributed by atoms with Crippen molar-refractivity contribution in [3.05, 3.63) is 53.1 Å². The van der Waals surface area contributed by atoms with Crippen LogP contribution in [0.15, 0.2) is 36.4 Å². The Bertz CT molecular complexity index is 1150. The second-order valence-corrected chi connectivity index (χ2v) is 9.53. The zero-order valence-corrected chi connectivity index (χ0v) is 19.9. The molecule has 0 unspecified atom stereocenters. The van der Waals surface area contributed by atoms with Gasteiger partial charge in [-0.3, -0.25) is 9.36 Å². The lowest BCUT2D eigenvalue weighted by molar-refractivity contribution is -0.126. The van der Waals surface area contributed by atoms with Gasteiger partial charge in [-0.25, -0.2) is 4.98 Å². The number of aryl methyl sites for hydroxylation is 3. The average Bonchev–Trinajstić information content (AvgIpc) is 3.47. The monoisotopic (exact) mass is 446 g/mol. The molecule has 174 valence electrons. The fourth-order valence-corrected chi connectivity index (χ4v) is 5.01. The summed E-state index contributed by atoms with van der Waals surface area (Å²) >= 11 is 0. The molecule has 33 heavy (non-hydrogen) atoms. The van der Waals surface area contributed by atoms with E-state index in [1.807, 2.05) is 0 Å².